The van der Waals surface area contributed by atoms with Gasteiger partial charge in [-0.15, -0.1) is 11.3 Å². The van der Waals surface area contributed by atoms with Crippen molar-refractivity contribution in [2.45, 2.75) is 4.90 Å². The van der Waals surface area contributed by atoms with E-state index in [1.54, 1.807) is 18.2 Å². The van der Waals surface area contributed by atoms with Crippen molar-refractivity contribution in [2.75, 3.05) is 13.2 Å². The lowest BCUT2D eigenvalue weighted by Crippen LogP contribution is -2.33. The maximum atomic E-state index is 12.3. The minimum absolute atomic E-state index is 0.0149. The molecule has 0 spiro atoms. The van der Waals surface area contributed by atoms with Crippen LogP contribution in [0.4, 0.5) is 0 Å². The summed E-state index contributed by atoms with van der Waals surface area (Å²) in [5.41, 5.74) is 0.140. The standard InChI is InChI=1S/C16H13NO5S2/c18-15(8-7-12-4-3-11-23-12)22-10-9-17-16(19)13-5-1-2-6-14(13)24(17,20)21/h1-8,11H,9-10H2/b8-7+. The average Bonchev–Trinajstić information content (AvgIpc) is 3.15. The van der Waals surface area contributed by atoms with Crippen molar-refractivity contribution >= 4 is 39.3 Å². The highest BCUT2D eigenvalue weighted by Gasteiger charge is 2.40. The van der Waals surface area contributed by atoms with Crippen LogP contribution in [0.2, 0.25) is 0 Å². The number of carbonyl (C=O) groups is 2. The van der Waals surface area contributed by atoms with E-state index in [2.05, 4.69) is 0 Å². The van der Waals surface area contributed by atoms with E-state index in [1.165, 1.54) is 29.5 Å². The first-order valence-electron chi connectivity index (χ1n) is 7.04. The molecule has 1 amide bonds. The second kappa shape index (κ2) is 6.58. The summed E-state index contributed by atoms with van der Waals surface area (Å²) in [5.74, 6) is -1.19. The topological polar surface area (TPSA) is 80.8 Å². The van der Waals surface area contributed by atoms with Crippen molar-refractivity contribution in [1.82, 2.24) is 4.31 Å². The monoisotopic (exact) mass is 363 g/mol. The number of hydrogen-bond acceptors (Lipinski definition) is 6. The molecule has 0 radical (unpaired) electrons. The lowest BCUT2D eigenvalue weighted by Gasteiger charge is -2.14. The van der Waals surface area contributed by atoms with E-state index in [9.17, 15) is 18.0 Å². The summed E-state index contributed by atoms with van der Waals surface area (Å²) in [5, 5.41) is 1.88. The van der Waals surface area contributed by atoms with Crippen LogP contribution in [0.5, 0.6) is 0 Å². The molecule has 0 saturated carbocycles. The van der Waals surface area contributed by atoms with Crippen molar-refractivity contribution in [2.24, 2.45) is 0 Å². The SMILES string of the molecule is O=C(/C=C/c1cccs1)OCCN1C(=O)c2ccccc2S1(=O)=O. The Morgan fingerprint density at radius 1 is 1.21 bits per heavy atom. The molecule has 1 aliphatic heterocycles. The molecule has 8 heteroatoms. The molecule has 124 valence electrons. The molecule has 0 atom stereocenters. The lowest BCUT2D eigenvalue weighted by molar-refractivity contribution is -0.137. The predicted octanol–water partition coefficient (Wildman–Crippen LogP) is 2.15. The fraction of sp³-hybridized carbons (Fsp3) is 0.125. The van der Waals surface area contributed by atoms with Crippen LogP contribution in [-0.4, -0.2) is 37.8 Å². The molecule has 2 heterocycles. The molecule has 24 heavy (non-hydrogen) atoms. The number of sulfonamides is 1. The zero-order chi connectivity index (χ0) is 17.2. The molecular weight excluding hydrogens is 350 g/mol. The van der Waals surface area contributed by atoms with Gasteiger partial charge in [-0.25, -0.2) is 17.5 Å². The van der Waals surface area contributed by atoms with Crippen molar-refractivity contribution in [3.8, 4) is 0 Å². The van der Waals surface area contributed by atoms with Crippen LogP contribution in [0.15, 0.2) is 52.7 Å². The molecule has 1 aliphatic rings. The second-order valence-corrected chi connectivity index (χ2v) is 7.70. The summed E-state index contributed by atoms with van der Waals surface area (Å²) in [7, 11) is -3.87. The van der Waals surface area contributed by atoms with Gasteiger partial charge in [-0.1, -0.05) is 18.2 Å². The highest BCUT2D eigenvalue weighted by atomic mass is 32.2. The number of esters is 1. The highest BCUT2D eigenvalue weighted by Crippen LogP contribution is 2.29. The summed E-state index contributed by atoms with van der Waals surface area (Å²) in [4.78, 5) is 24.7. The Morgan fingerprint density at radius 2 is 2.00 bits per heavy atom. The van der Waals surface area contributed by atoms with Gasteiger partial charge in [0.05, 0.1) is 12.1 Å². The van der Waals surface area contributed by atoms with Gasteiger partial charge in [-0.2, -0.15) is 0 Å². The Morgan fingerprint density at radius 3 is 2.71 bits per heavy atom. The van der Waals surface area contributed by atoms with Gasteiger partial charge in [-0.05, 0) is 29.7 Å². The smallest absolute Gasteiger partial charge is 0.330 e. The molecule has 0 aliphatic carbocycles. The molecule has 0 N–H and O–H groups in total. The summed E-state index contributed by atoms with van der Waals surface area (Å²) >= 11 is 1.48. The maximum Gasteiger partial charge on any atom is 0.330 e. The second-order valence-electron chi connectivity index (χ2n) is 4.89. The van der Waals surface area contributed by atoms with Gasteiger partial charge in [0.25, 0.3) is 15.9 Å². The molecule has 0 unspecified atom stereocenters. The highest BCUT2D eigenvalue weighted by molar-refractivity contribution is 7.90. The van der Waals surface area contributed by atoms with E-state index < -0.39 is 21.9 Å². The Balaban J connectivity index is 1.60. The molecule has 0 saturated heterocycles. The average molecular weight is 363 g/mol. The van der Waals surface area contributed by atoms with Crippen LogP contribution in [0, 0.1) is 0 Å². The minimum Gasteiger partial charge on any atom is -0.461 e. The number of nitrogens with zero attached hydrogens (tertiary/aromatic N) is 1. The normalized spacial score (nSPS) is 15.7. The van der Waals surface area contributed by atoms with Crippen LogP contribution in [-0.2, 0) is 19.6 Å². The van der Waals surface area contributed by atoms with Gasteiger partial charge in [0.15, 0.2) is 0 Å². The van der Waals surface area contributed by atoms with Gasteiger partial charge in [0.2, 0.25) is 0 Å². The molecule has 1 aromatic carbocycles. The predicted molar refractivity (Wildman–Crippen MR) is 89.0 cm³/mol. The molecule has 1 aromatic heterocycles. The number of rotatable bonds is 5. The van der Waals surface area contributed by atoms with E-state index in [1.807, 2.05) is 17.5 Å². The van der Waals surface area contributed by atoms with Crippen molar-refractivity contribution in [3.63, 3.8) is 0 Å². The summed E-state index contributed by atoms with van der Waals surface area (Å²) in [6.07, 6.45) is 2.88. The summed E-state index contributed by atoms with van der Waals surface area (Å²) in [6, 6.07) is 9.72. The van der Waals surface area contributed by atoms with Gasteiger partial charge in [0, 0.05) is 11.0 Å². The lowest BCUT2D eigenvalue weighted by atomic mass is 10.2. The Bertz CT molecular complexity index is 900. The molecule has 6 nitrogen and oxygen atoms in total. The first-order valence-corrected chi connectivity index (χ1v) is 9.36. The number of fused-ring (bicyclic) bond motifs is 1. The summed E-state index contributed by atoms with van der Waals surface area (Å²) in [6.45, 7) is -0.416. The van der Waals surface area contributed by atoms with Crippen LogP contribution in [0.1, 0.15) is 15.2 Å². The molecule has 2 aromatic rings. The minimum atomic E-state index is -3.87. The number of amides is 1. The van der Waals surface area contributed by atoms with Crippen molar-refractivity contribution < 1.29 is 22.7 Å². The first-order chi connectivity index (χ1) is 11.5. The first kappa shape index (κ1) is 16.4. The number of carbonyl (C=O) groups excluding carboxylic acids is 2. The van der Waals surface area contributed by atoms with Crippen molar-refractivity contribution in [1.29, 1.82) is 0 Å². The van der Waals surface area contributed by atoms with E-state index in [4.69, 9.17) is 4.74 Å². The zero-order valence-corrected chi connectivity index (χ0v) is 14.0. The third kappa shape index (κ3) is 3.10. The largest absolute Gasteiger partial charge is 0.461 e. The van der Waals surface area contributed by atoms with Crippen LogP contribution in [0.25, 0.3) is 6.08 Å². The van der Waals surface area contributed by atoms with E-state index >= 15 is 0 Å². The van der Waals surface area contributed by atoms with Gasteiger partial charge < -0.3 is 4.74 Å². The number of benzene rings is 1. The van der Waals surface area contributed by atoms with Gasteiger partial charge in [-0.3, -0.25) is 4.79 Å². The molecule has 0 fully saturated rings. The fourth-order valence-electron chi connectivity index (χ4n) is 2.27. The third-order valence-corrected chi connectivity index (χ3v) is 6.06. The van der Waals surface area contributed by atoms with Crippen LogP contribution < -0.4 is 0 Å². The molecule has 0 bridgehead atoms. The van der Waals surface area contributed by atoms with Crippen molar-refractivity contribution in [3.05, 3.63) is 58.3 Å². The fourth-order valence-corrected chi connectivity index (χ4v) is 4.44. The van der Waals surface area contributed by atoms with Gasteiger partial charge >= 0.3 is 5.97 Å². The maximum absolute atomic E-state index is 12.3. The number of ether oxygens (including phenoxy) is 1. The number of hydrogen-bond donors (Lipinski definition) is 0. The quantitative estimate of drug-likeness (QED) is 0.601. The van der Waals surface area contributed by atoms with Crippen LogP contribution in [0.3, 0.4) is 0 Å². The Kier molecular flexibility index (Phi) is 4.50. The molecular formula is C16H13NO5S2. The molecule has 3 rings (SSSR count). The van der Waals surface area contributed by atoms with Gasteiger partial charge in [0.1, 0.15) is 11.5 Å². The van der Waals surface area contributed by atoms with E-state index in [0.29, 0.717) is 0 Å². The van der Waals surface area contributed by atoms with E-state index in [0.717, 1.165) is 9.18 Å². The van der Waals surface area contributed by atoms with Crippen LogP contribution >= 0.6 is 11.3 Å². The van der Waals surface area contributed by atoms with E-state index in [-0.39, 0.29) is 23.6 Å². The number of thiophene rings is 1. The Hall–Kier alpha value is -2.45. The zero-order valence-electron chi connectivity index (χ0n) is 12.4. The third-order valence-electron chi connectivity index (χ3n) is 3.38. The summed E-state index contributed by atoms with van der Waals surface area (Å²) < 4.78 is 30.3. The Labute approximate surface area is 143 Å².